The Hall–Kier alpha value is -4.03. The second-order valence-corrected chi connectivity index (χ2v) is 8.29. The van der Waals surface area contributed by atoms with Gasteiger partial charge in [-0.2, -0.15) is 0 Å². The Balaban J connectivity index is 1.37. The quantitative estimate of drug-likeness (QED) is 0.219. The van der Waals surface area contributed by atoms with Crippen LogP contribution in [0.4, 0.5) is 5.69 Å². The van der Waals surface area contributed by atoms with Gasteiger partial charge in [0.2, 0.25) is 0 Å². The molecule has 0 saturated carbocycles. The number of oxime groups is 1. The van der Waals surface area contributed by atoms with Crippen LogP contribution in [0.5, 0.6) is 11.5 Å². The number of hydrogen-bond donors (Lipinski definition) is 1. The zero-order valence-electron chi connectivity index (χ0n) is 19.5. The standard InChI is InChI=1S/C28H25ClN2O4/c1-19-10-12-23(13-11-19)31-27(32)18-35-30-16-20-14-25(29)28(26(15-20)33-2)34-17-22-8-5-7-21-6-3-4-9-24(21)22/h3-16H,17-18H2,1-2H3,(H,31,32). The maximum absolute atomic E-state index is 12.0. The molecule has 35 heavy (non-hydrogen) atoms. The number of rotatable bonds is 9. The molecule has 1 N–H and O–H groups in total. The molecule has 6 nitrogen and oxygen atoms in total. The SMILES string of the molecule is COc1cc(C=NOCC(=O)Nc2ccc(C)cc2)cc(Cl)c1OCc1cccc2ccccc12. The number of carbonyl (C=O) groups is 1. The van der Waals surface area contributed by atoms with Crippen LogP contribution >= 0.6 is 11.6 Å². The summed E-state index contributed by atoms with van der Waals surface area (Å²) in [7, 11) is 1.54. The zero-order valence-corrected chi connectivity index (χ0v) is 20.2. The molecule has 0 radical (unpaired) electrons. The molecule has 4 aromatic carbocycles. The Morgan fingerprint density at radius 3 is 2.60 bits per heavy atom. The first-order valence-corrected chi connectivity index (χ1v) is 11.4. The normalized spacial score (nSPS) is 10.9. The fourth-order valence-electron chi connectivity index (χ4n) is 3.55. The van der Waals surface area contributed by atoms with Crippen molar-refractivity contribution in [3.8, 4) is 11.5 Å². The monoisotopic (exact) mass is 488 g/mol. The van der Waals surface area contributed by atoms with Gasteiger partial charge in [0, 0.05) is 11.3 Å². The maximum Gasteiger partial charge on any atom is 0.265 e. The first kappa shape index (κ1) is 24.1. The van der Waals surface area contributed by atoms with Gasteiger partial charge in [-0.05, 0) is 47.5 Å². The second kappa shape index (κ2) is 11.4. The highest BCUT2D eigenvalue weighted by molar-refractivity contribution is 6.32. The van der Waals surface area contributed by atoms with Crippen molar-refractivity contribution in [1.82, 2.24) is 0 Å². The summed E-state index contributed by atoms with van der Waals surface area (Å²) in [6.45, 7) is 2.10. The van der Waals surface area contributed by atoms with Crippen LogP contribution in [0, 0.1) is 6.92 Å². The van der Waals surface area contributed by atoms with Gasteiger partial charge in [-0.25, -0.2) is 0 Å². The third kappa shape index (κ3) is 6.31. The van der Waals surface area contributed by atoms with E-state index in [4.69, 9.17) is 25.9 Å². The average Bonchev–Trinajstić information content (AvgIpc) is 2.87. The molecule has 4 aromatic rings. The fraction of sp³-hybridized carbons (Fsp3) is 0.143. The van der Waals surface area contributed by atoms with Crippen molar-refractivity contribution in [2.24, 2.45) is 5.16 Å². The topological polar surface area (TPSA) is 69.2 Å². The summed E-state index contributed by atoms with van der Waals surface area (Å²) in [5.41, 5.74) is 3.50. The van der Waals surface area contributed by atoms with Gasteiger partial charge < -0.3 is 19.6 Å². The lowest BCUT2D eigenvalue weighted by Gasteiger charge is -2.14. The lowest BCUT2D eigenvalue weighted by molar-refractivity contribution is -0.120. The zero-order chi connectivity index (χ0) is 24.6. The average molecular weight is 489 g/mol. The van der Waals surface area contributed by atoms with Gasteiger partial charge in [-0.15, -0.1) is 0 Å². The van der Waals surface area contributed by atoms with Gasteiger partial charge >= 0.3 is 0 Å². The minimum absolute atomic E-state index is 0.221. The largest absolute Gasteiger partial charge is 0.493 e. The van der Waals surface area contributed by atoms with Crippen LogP contribution in [0.3, 0.4) is 0 Å². The van der Waals surface area contributed by atoms with Gasteiger partial charge in [-0.3, -0.25) is 4.79 Å². The predicted molar refractivity (Wildman–Crippen MR) is 140 cm³/mol. The van der Waals surface area contributed by atoms with Gasteiger partial charge in [0.25, 0.3) is 5.91 Å². The molecule has 1 amide bonds. The number of nitrogens with zero attached hydrogens (tertiary/aromatic N) is 1. The summed E-state index contributed by atoms with van der Waals surface area (Å²) in [5.74, 6) is 0.604. The molecule has 7 heteroatoms. The Bertz CT molecular complexity index is 1350. The van der Waals surface area contributed by atoms with Crippen LogP contribution in [-0.4, -0.2) is 25.8 Å². The molecule has 0 bridgehead atoms. The Kier molecular flexibility index (Phi) is 7.85. The summed E-state index contributed by atoms with van der Waals surface area (Å²) < 4.78 is 11.5. The Labute approximate surface area is 209 Å². The summed E-state index contributed by atoms with van der Waals surface area (Å²) in [6, 6.07) is 25.2. The number of carbonyl (C=O) groups excluding carboxylic acids is 1. The smallest absolute Gasteiger partial charge is 0.265 e. The Morgan fingerprint density at radius 2 is 1.80 bits per heavy atom. The molecule has 0 heterocycles. The first-order valence-electron chi connectivity index (χ1n) is 11.0. The number of aryl methyl sites for hydroxylation is 1. The molecule has 0 aliphatic heterocycles. The van der Waals surface area contributed by atoms with E-state index < -0.39 is 0 Å². The van der Waals surface area contributed by atoms with E-state index >= 15 is 0 Å². The minimum atomic E-state index is -0.307. The lowest BCUT2D eigenvalue weighted by atomic mass is 10.1. The number of fused-ring (bicyclic) bond motifs is 1. The minimum Gasteiger partial charge on any atom is -0.493 e. The van der Waals surface area contributed by atoms with Crippen LogP contribution in [0.2, 0.25) is 5.02 Å². The summed E-state index contributed by atoms with van der Waals surface area (Å²) >= 11 is 6.49. The van der Waals surface area contributed by atoms with E-state index in [0.29, 0.717) is 34.4 Å². The van der Waals surface area contributed by atoms with Gasteiger partial charge in [0.1, 0.15) is 6.61 Å². The van der Waals surface area contributed by atoms with Crippen LogP contribution < -0.4 is 14.8 Å². The molecule has 0 aromatic heterocycles. The number of hydrogen-bond acceptors (Lipinski definition) is 5. The summed E-state index contributed by atoms with van der Waals surface area (Å²) in [5, 5.41) is 9.26. The molecule has 0 aliphatic rings. The highest BCUT2D eigenvalue weighted by atomic mass is 35.5. The number of anilines is 1. The van der Waals surface area contributed by atoms with Gasteiger partial charge in [0.15, 0.2) is 18.1 Å². The lowest BCUT2D eigenvalue weighted by Crippen LogP contribution is -2.16. The molecule has 0 spiro atoms. The molecule has 0 fully saturated rings. The number of amides is 1. The van der Waals surface area contributed by atoms with E-state index in [1.54, 1.807) is 19.2 Å². The van der Waals surface area contributed by atoms with E-state index in [2.05, 4.69) is 28.7 Å². The molecule has 0 atom stereocenters. The van der Waals surface area contributed by atoms with Crippen molar-refractivity contribution in [1.29, 1.82) is 0 Å². The number of benzene rings is 4. The molecular formula is C28H25ClN2O4. The summed E-state index contributed by atoms with van der Waals surface area (Å²) in [6.07, 6.45) is 1.46. The van der Waals surface area contributed by atoms with Gasteiger partial charge in [-0.1, -0.05) is 76.9 Å². The number of halogens is 1. The molecular weight excluding hydrogens is 464 g/mol. The van der Waals surface area contributed by atoms with Gasteiger partial charge in [0.05, 0.1) is 18.3 Å². The second-order valence-electron chi connectivity index (χ2n) is 7.88. The number of nitrogens with one attached hydrogen (secondary N) is 1. The highest BCUT2D eigenvalue weighted by Crippen LogP contribution is 2.37. The molecule has 0 unspecified atom stereocenters. The van der Waals surface area contributed by atoms with E-state index in [-0.39, 0.29) is 12.5 Å². The molecule has 0 saturated heterocycles. The van der Waals surface area contributed by atoms with Crippen LogP contribution in [-0.2, 0) is 16.2 Å². The molecule has 4 rings (SSSR count). The Morgan fingerprint density at radius 1 is 1.03 bits per heavy atom. The summed E-state index contributed by atoms with van der Waals surface area (Å²) in [4.78, 5) is 17.1. The predicted octanol–water partition coefficient (Wildman–Crippen LogP) is 6.38. The van der Waals surface area contributed by atoms with Crippen LogP contribution in [0.25, 0.3) is 10.8 Å². The van der Waals surface area contributed by atoms with E-state index in [0.717, 1.165) is 21.9 Å². The van der Waals surface area contributed by atoms with Crippen molar-refractivity contribution < 1.29 is 19.1 Å². The third-order valence-electron chi connectivity index (χ3n) is 5.31. The maximum atomic E-state index is 12.0. The third-order valence-corrected chi connectivity index (χ3v) is 5.59. The van der Waals surface area contributed by atoms with Crippen molar-refractivity contribution in [3.05, 3.63) is 101 Å². The van der Waals surface area contributed by atoms with Crippen molar-refractivity contribution >= 4 is 40.2 Å². The first-order chi connectivity index (χ1) is 17.0. The van der Waals surface area contributed by atoms with Crippen molar-refractivity contribution in [2.45, 2.75) is 13.5 Å². The number of ether oxygens (including phenoxy) is 2. The molecule has 0 aliphatic carbocycles. The van der Waals surface area contributed by atoms with Crippen LogP contribution in [0.15, 0.2) is 84.0 Å². The molecule has 178 valence electrons. The fourth-order valence-corrected chi connectivity index (χ4v) is 3.82. The number of methoxy groups -OCH3 is 1. The van der Waals surface area contributed by atoms with E-state index in [1.807, 2.05) is 55.5 Å². The highest BCUT2D eigenvalue weighted by Gasteiger charge is 2.13. The van der Waals surface area contributed by atoms with E-state index in [9.17, 15) is 4.79 Å². The van der Waals surface area contributed by atoms with Crippen LogP contribution in [0.1, 0.15) is 16.7 Å². The van der Waals surface area contributed by atoms with Crippen molar-refractivity contribution in [3.63, 3.8) is 0 Å². The van der Waals surface area contributed by atoms with E-state index in [1.165, 1.54) is 6.21 Å². The van der Waals surface area contributed by atoms with Crippen molar-refractivity contribution in [2.75, 3.05) is 19.0 Å².